The minimum Gasteiger partial charge on any atom is -0.480 e. The molecular formula is C34H36N2O5S2. The molecule has 224 valence electrons. The van der Waals surface area contributed by atoms with Crippen LogP contribution in [0.5, 0.6) is 0 Å². The van der Waals surface area contributed by atoms with Crippen molar-refractivity contribution in [3.05, 3.63) is 119 Å². The molecule has 0 unspecified atom stereocenters. The van der Waals surface area contributed by atoms with Gasteiger partial charge in [0.15, 0.2) is 0 Å². The predicted molar refractivity (Wildman–Crippen MR) is 174 cm³/mol. The number of nitrogens with one attached hydrogen (secondary N) is 1. The van der Waals surface area contributed by atoms with Gasteiger partial charge in [0.1, 0.15) is 6.04 Å². The molecule has 4 aromatic carbocycles. The molecular weight excluding hydrogens is 581 g/mol. The van der Waals surface area contributed by atoms with Crippen molar-refractivity contribution < 1.29 is 23.1 Å². The number of hydrogen-bond acceptors (Lipinski definition) is 5. The summed E-state index contributed by atoms with van der Waals surface area (Å²) >= 11 is 1.51. The highest BCUT2D eigenvalue weighted by atomic mass is 32.2. The van der Waals surface area contributed by atoms with E-state index in [9.17, 15) is 23.1 Å². The summed E-state index contributed by atoms with van der Waals surface area (Å²) in [6, 6.07) is 27.6. The van der Waals surface area contributed by atoms with Gasteiger partial charge >= 0.3 is 5.97 Å². The van der Waals surface area contributed by atoms with E-state index in [0.717, 1.165) is 23.1 Å². The fourth-order valence-electron chi connectivity index (χ4n) is 4.81. The van der Waals surface area contributed by atoms with Crippen LogP contribution in [0, 0.1) is 6.92 Å². The lowest BCUT2D eigenvalue weighted by Gasteiger charge is -2.25. The third kappa shape index (κ3) is 7.66. The minimum atomic E-state index is -3.94. The first-order chi connectivity index (χ1) is 20.6. The van der Waals surface area contributed by atoms with Crippen molar-refractivity contribution in [2.75, 3.05) is 16.3 Å². The molecule has 0 aromatic heterocycles. The average molecular weight is 617 g/mol. The van der Waals surface area contributed by atoms with Gasteiger partial charge in [-0.15, -0.1) is 0 Å². The number of sulfonamides is 1. The van der Waals surface area contributed by atoms with E-state index in [1.54, 1.807) is 48.5 Å². The molecule has 0 heterocycles. The van der Waals surface area contributed by atoms with Crippen molar-refractivity contribution in [2.24, 2.45) is 0 Å². The maximum absolute atomic E-state index is 14.0. The smallest absolute Gasteiger partial charge is 0.326 e. The summed E-state index contributed by atoms with van der Waals surface area (Å²) in [7, 11) is -3.94. The van der Waals surface area contributed by atoms with Crippen LogP contribution >= 0.6 is 11.8 Å². The van der Waals surface area contributed by atoms with Gasteiger partial charge in [-0.1, -0.05) is 67.6 Å². The summed E-state index contributed by atoms with van der Waals surface area (Å²) in [6.45, 7) is 3.97. The Morgan fingerprint density at radius 3 is 2.16 bits per heavy atom. The Morgan fingerprint density at radius 2 is 1.53 bits per heavy atom. The van der Waals surface area contributed by atoms with Crippen molar-refractivity contribution in [1.82, 2.24) is 5.32 Å². The summed E-state index contributed by atoms with van der Waals surface area (Å²) in [4.78, 5) is 25.5. The number of carbonyl (C=O) groups is 2. The standard InChI is InChI=1S/C34H36N2O5S2/c1-4-25-14-17-28(18-15-25)43(40,41)36(27-11-6-5-7-12-27)23-26-16-19-30(31(22-26)29-13-9-8-10-24(29)2)33(37)35-32(34(38)39)20-21-42-3/h5-19,22,32H,4,20-21,23H2,1-3H3,(H,35,37)(H,38,39)/t32-/m1/s1. The van der Waals surface area contributed by atoms with Crippen molar-refractivity contribution in [3.8, 4) is 11.1 Å². The second-order valence-electron chi connectivity index (χ2n) is 10.2. The SMILES string of the molecule is CCc1ccc(S(=O)(=O)N(Cc2ccc(C(=O)N[C@H](CCSC)C(=O)O)c(-c3ccccc3C)c2)c2ccccc2)cc1. The van der Waals surface area contributed by atoms with Crippen LogP contribution in [-0.2, 0) is 27.8 Å². The molecule has 0 saturated heterocycles. The van der Waals surface area contributed by atoms with Crippen LogP contribution in [0.1, 0.15) is 40.4 Å². The molecule has 0 aliphatic carbocycles. The zero-order chi connectivity index (χ0) is 31.0. The number of carboxylic acids is 1. The quantitative estimate of drug-likeness (QED) is 0.176. The van der Waals surface area contributed by atoms with Gasteiger partial charge in [0.25, 0.3) is 15.9 Å². The average Bonchev–Trinajstić information content (AvgIpc) is 3.02. The third-order valence-electron chi connectivity index (χ3n) is 7.27. The number of aliphatic carboxylic acids is 1. The molecule has 1 atom stereocenters. The lowest BCUT2D eigenvalue weighted by atomic mass is 9.93. The zero-order valence-electron chi connectivity index (χ0n) is 24.5. The zero-order valence-corrected chi connectivity index (χ0v) is 26.1. The number of hydrogen-bond donors (Lipinski definition) is 2. The topological polar surface area (TPSA) is 104 Å². The van der Waals surface area contributed by atoms with Gasteiger partial charge in [-0.25, -0.2) is 13.2 Å². The van der Waals surface area contributed by atoms with E-state index in [-0.39, 0.29) is 11.4 Å². The summed E-state index contributed by atoms with van der Waals surface area (Å²) in [5.41, 5.74) is 4.87. The van der Waals surface area contributed by atoms with Crippen LogP contribution in [0.15, 0.2) is 102 Å². The molecule has 0 radical (unpaired) electrons. The summed E-state index contributed by atoms with van der Waals surface area (Å²) in [5.74, 6) is -1.000. The van der Waals surface area contributed by atoms with E-state index in [1.165, 1.54) is 16.1 Å². The minimum absolute atomic E-state index is 0.0220. The molecule has 0 saturated carbocycles. The number of para-hydroxylation sites is 1. The van der Waals surface area contributed by atoms with Gasteiger partial charge in [0, 0.05) is 5.56 Å². The highest BCUT2D eigenvalue weighted by molar-refractivity contribution is 7.98. The maximum Gasteiger partial charge on any atom is 0.326 e. The Morgan fingerprint density at radius 1 is 0.884 bits per heavy atom. The molecule has 0 bridgehead atoms. The number of amides is 1. The van der Waals surface area contributed by atoms with Gasteiger partial charge in [-0.2, -0.15) is 11.8 Å². The summed E-state index contributed by atoms with van der Waals surface area (Å²) < 4.78 is 29.4. The van der Waals surface area contributed by atoms with Crippen LogP contribution in [-0.4, -0.2) is 43.5 Å². The number of benzene rings is 4. The van der Waals surface area contributed by atoms with Crippen molar-refractivity contribution in [3.63, 3.8) is 0 Å². The third-order valence-corrected chi connectivity index (χ3v) is 9.70. The molecule has 0 spiro atoms. The molecule has 0 aliphatic heterocycles. The fourth-order valence-corrected chi connectivity index (χ4v) is 6.74. The van der Waals surface area contributed by atoms with Gasteiger partial charge in [0.05, 0.1) is 17.1 Å². The molecule has 0 fully saturated rings. The monoisotopic (exact) mass is 616 g/mol. The molecule has 0 aliphatic rings. The highest BCUT2D eigenvalue weighted by Crippen LogP contribution is 2.31. The highest BCUT2D eigenvalue weighted by Gasteiger charge is 2.27. The summed E-state index contributed by atoms with van der Waals surface area (Å²) in [5, 5.41) is 12.4. The summed E-state index contributed by atoms with van der Waals surface area (Å²) in [6.07, 6.45) is 2.98. The lowest BCUT2D eigenvalue weighted by Crippen LogP contribution is -2.41. The molecule has 7 nitrogen and oxygen atoms in total. The van der Waals surface area contributed by atoms with Crippen molar-refractivity contribution in [2.45, 2.75) is 44.2 Å². The first-order valence-electron chi connectivity index (χ1n) is 14.0. The fraction of sp³-hybridized carbons (Fsp3) is 0.235. The Hall–Kier alpha value is -4.08. The number of nitrogens with zero attached hydrogens (tertiary/aromatic N) is 1. The van der Waals surface area contributed by atoms with E-state index >= 15 is 0 Å². The van der Waals surface area contributed by atoms with Gasteiger partial charge in [0.2, 0.25) is 0 Å². The van der Waals surface area contributed by atoms with E-state index in [2.05, 4.69) is 5.32 Å². The van der Waals surface area contributed by atoms with Crippen molar-refractivity contribution in [1.29, 1.82) is 0 Å². The van der Waals surface area contributed by atoms with E-state index in [4.69, 9.17) is 0 Å². The number of anilines is 1. The lowest BCUT2D eigenvalue weighted by molar-refractivity contribution is -0.139. The van der Waals surface area contributed by atoms with Crippen LogP contribution in [0.3, 0.4) is 0 Å². The van der Waals surface area contributed by atoms with Crippen molar-refractivity contribution >= 4 is 39.3 Å². The largest absolute Gasteiger partial charge is 0.480 e. The normalized spacial score (nSPS) is 12.0. The van der Waals surface area contributed by atoms with E-state index in [1.807, 2.05) is 68.6 Å². The number of thioether (sulfide) groups is 1. The number of carbonyl (C=O) groups excluding carboxylic acids is 1. The van der Waals surface area contributed by atoms with E-state index in [0.29, 0.717) is 34.6 Å². The molecule has 9 heteroatoms. The molecule has 43 heavy (non-hydrogen) atoms. The Kier molecular flexibility index (Phi) is 10.7. The van der Waals surface area contributed by atoms with Gasteiger partial charge in [-0.05, 0) is 96.0 Å². The first-order valence-corrected chi connectivity index (χ1v) is 16.9. The molecule has 4 aromatic rings. The Labute approximate surface area is 258 Å². The van der Waals surface area contributed by atoms with Gasteiger partial charge < -0.3 is 10.4 Å². The second kappa shape index (κ2) is 14.4. The van der Waals surface area contributed by atoms with Crippen LogP contribution in [0.25, 0.3) is 11.1 Å². The maximum atomic E-state index is 14.0. The predicted octanol–water partition coefficient (Wildman–Crippen LogP) is 6.56. The van der Waals surface area contributed by atoms with E-state index < -0.39 is 27.9 Å². The first kappa shape index (κ1) is 31.8. The number of aryl methyl sites for hydroxylation is 2. The Bertz CT molecular complexity index is 1670. The number of carboxylic acid groups (broad SMARTS) is 1. The Balaban J connectivity index is 1.78. The number of rotatable bonds is 13. The second-order valence-corrected chi connectivity index (χ2v) is 13.0. The molecule has 1 amide bonds. The van der Waals surface area contributed by atoms with Gasteiger partial charge in [-0.3, -0.25) is 9.10 Å². The van der Waals surface area contributed by atoms with Crippen LogP contribution < -0.4 is 9.62 Å². The van der Waals surface area contributed by atoms with Crippen LogP contribution in [0.4, 0.5) is 5.69 Å². The van der Waals surface area contributed by atoms with Crippen LogP contribution in [0.2, 0.25) is 0 Å². The molecule has 4 rings (SSSR count). The molecule has 2 N–H and O–H groups in total.